The number of rotatable bonds is 6. The van der Waals surface area contributed by atoms with Crippen LogP contribution in [0.15, 0.2) is 70.6 Å². The molecular formula is C22H22N4O2S2. The fraction of sp³-hybridized carbons (Fsp3) is 0.227. The van der Waals surface area contributed by atoms with E-state index in [4.69, 9.17) is 0 Å². The van der Waals surface area contributed by atoms with Crippen molar-refractivity contribution < 1.29 is 8.42 Å². The van der Waals surface area contributed by atoms with E-state index in [0.29, 0.717) is 11.6 Å². The number of aromatic nitrogens is 2. The molecule has 1 saturated heterocycles. The average Bonchev–Trinajstić information content (AvgIpc) is 3.50. The smallest absolute Gasteiger partial charge is 0.289 e. The topological polar surface area (TPSA) is 78.1 Å². The highest BCUT2D eigenvalue weighted by molar-refractivity contribution is 7.94. The molecule has 1 aliphatic heterocycles. The quantitative estimate of drug-likeness (QED) is 0.467. The Balaban J connectivity index is 1.28. The number of H-pyrrole nitrogens is 1. The van der Waals surface area contributed by atoms with Gasteiger partial charge < -0.3 is 4.98 Å². The molecule has 8 heteroatoms. The first kappa shape index (κ1) is 19.3. The number of likely N-dealkylation sites (tertiary alicyclic amines) is 1. The average molecular weight is 439 g/mol. The third kappa shape index (κ3) is 3.86. The Hall–Kier alpha value is -2.68. The van der Waals surface area contributed by atoms with E-state index in [1.165, 1.54) is 22.7 Å². The molecule has 3 heterocycles. The van der Waals surface area contributed by atoms with Crippen molar-refractivity contribution in [3.8, 4) is 0 Å². The lowest BCUT2D eigenvalue weighted by Crippen LogP contribution is -2.19. The van der Waals surface area contributed by atoms with E-state index in [1.54, 1.807) is 11.4 Å². The van der Waals surface area contributed by atoms with Gasteiger partial charge >= 0.3 is 0 Å². The molecule has 1 aliphatic rings. The third-order valence-corrected chi connectivity index (χ3v) is 8.17. The van der Waals surface area contributed by atoms with Crippen LogP contribution < -0.4 is 4.72 Å². The highest BCUT2D eigenvalue weighted by atomic mass is 32.2. The molecule has 0 aliphatic carbocycles. The van der Waals surface area contributed by atoms with Gasteiger partial charge in [-0.05, 0) is 48.2 Å². The van der Waals surface area contributed by atoms with E-state index >= 15 is 0 Å². The molecule has 4 aromatic rings. The monoisotopic (exact) mass is 438 g/mol. The number of anilines is 1. The summed E-state index contributed by atoms with van der Waals surface area (Å²) in [6, 6.07) is 16.1. The van der Waals surface area contributed by atoms with Crippen molar-refractivity contribution in [2.45, 2.75) is 23.2 Å². The number of nitrogens with one attached hydrogen (secondary N) is 2. The van der Waals surface area contributed by atoms with Crippen molar-refractivity contribution in [2.75, 3.05) is 17.8 Å². The Bertz CT molecular complexity index is 1270. The van der Waals surface area contributed by atoms with Crippen molar-refractivity contribution in [3.63, 3.8) is 0 Å². The van der Waals surface area contributed by atoms with Crippen LogP contribution in [0.2, 0.25) is 0 Å². The molecule has 0 saturated carbocycles. The first-order valence-electron chi connectivity index (χ1n) is 9.88. The van der Waals surface area contributed by atoms with E-state index in [0.717, 1.165) is 43.0 Å². The minimum atomic E-state index is -3.63. The first-order chi connectivity index (χ1) is 14.6. The predicted molar refractivity (Wildman–Crippen MR) is 120 cm³/mol. The SMILES string of the molecule is O=S(=O)(Nc1cccc(C2CCN(Cc3c[nH]c4ccccc34)C2)c1)c1nccs1. The van der Waals surface area contributed by atoms with E-state index in [2.05, 4.69) is 50.1 Å². The zero-order valence-corrected chi connectivity index (χ0v) is 17.9. The third-order valence-electron chi connectivity index (χ3n) is 5.59. The number of hydrogen-bond donors (Lipinski definition) is 2. The number of nitrogens with zero attached hydrogens (tertiary/aromatic N) is 2. The molecule has 2 aromatic carbocycles. The number of thiazole rings is 1. The summed E-state index contributed by atoms with van der Waals surface area (Å²) in [5.41, 5.74) is 4.23. The van der Waals surface area contributed by atoms with Crippen molar-refractivity contribution in [2.24, 2.45) is 0 Å². The van der Waals surface area contributed by atoms with Crippen LogP contribution in [0.3, 0.4) is 0 Å². The first-order valence-corrected chi connectivity index (χ1v) is 12.2. The molecule has 2 aromatic heterocycles. The van der Waals surface area contributed by atoms with Crippen molar-refractivity contribution in [1.29, 1.82) is 0 Å². The van der Waals surface area contributed by atoms with Crippen molar-refractivity contribution in [1.82, 2.24) is 14.9 Å². The molecule has 6 nitrogen and oxygen atoms in total. The number of benzene rings is 2. The predicted octanol–water partition coefficient (Wildman–Crippen LogP) is 4.41. The molecule has 0 radical (unpaired) electrons. The van der Waals surface area contributed by atoms with Gasteiger partial charge in [0.15, 0.2) is 0 Å². The Kier molecular flexibility index (Phi) is 5.06. The Morgan fingerprint density at radius 1 is 1.20 bits per heavy atom. The van der Waals surface area contributed by atoms with Crippen LogP contribution >= 0.6 is 11.3 Å². The van der Waals surface area contributed by atoms with E-state index in [9.17, 15) is 8.42 Å². The summed E-state index contributed by atoms with van der Waals surface area (Å²) in [7, 11) is -3.63. The second-order valence-electron chi connectivity index (χ2n) is 7.61. The normalized spacial score (nSPS) is 17.5. The molecule has 154 valence electrons. The van der Waals surface area contributed by atoms with Crippen LogP contribution in [0.5, 0.6) is 0 Å². The highest BCUT2D eigenvalue weighted by Crippen LogP contribution is 2.31. The molecule has 1 unspecified atom stereocenters. The molecule has 0 spiro atoms. The molecule has 0 amide bonds. The zero-order chi connectivity index (χ0) is 20.6. The maximum atomic E-state index is 12.5. The van der Waals surface area contributed by atoms with Crippen molar-refractivity contribution >= 4 is 38.0 Å². The largest absolute Gasteiger partial charge is 0.361 e. The van der Waals surface area contributed by atoms with Crippen LogP contribution in [-0.2, 0) is 16.6 Å². The number of fused-ring (bicyclic) bond motifs is 1. The van der Waals surface area contributed by atoms with Gasteiger partial charge in [-0.1, -0.05) is 30.3 Å². The molecule has 1 fully saturated rings. The molecule has 30 heavy (non-hydrogen) atoms. The number of hydrogen-bond acceptors (Lipinski definition) is 5. The van der Waals surface area contributed by atoms with Gasteiger partial charge in [-0.15, -0.1) is 11.3 Å². The minimum absolute atomic E-state index is 0.0821. The minimum Gasteiger partial charge on any atom is -0.361 e. The zero-order valence-electron chi connectivity index (χ0n) is 16.3. The lowest BCUT2D eigenvalue weighted by molar-refractivity contribution is 0.328. The van der Waals surface area contributed by atoms with Gasteiger partial charge in [0.2, 0.25) is 4.34 Å². The van der Waals surface area contributed by atoms with Gasteiger partial charge in [-0.2, -0.15) is 8.42 Å². The van der Waals surface area contributed by atoms with Crippen LogP contribution in [0.1, 0.15) is 23.5 Å². The molecule has 0 bridgehead atoms. The second kappa shape index (κ2) is 7.86. The van der Waals surface area contributed by atoms with Crippen LogP contribution in [0.4, 0.5) is 5.69 Å². The summed E-state index contributed by atoms with van der Waals surface area (Å²) in [5.74, 6) is 0.388. The number of para-hydroxylation sites is 1. The van der Waals surface area contributed by atoms with Gasteiger partial charge in [0, 0.05) is 47.5 Å². The standard InChI is InChI=1S/C22H22N4O2S2/c27-30(28,22-23-9-11-29-22)25-19-5-3-4-16(12-19)17-8-10-26(14-17)15-18-13-24-21-7-2-1-6-20(18)21/h1-7,9,11-13,17,24-25H,8,10,14-15H2. The molecular weight excluding hydrogens is 416 g/mol. The fourth-order valence-electron chi connectivity index (χ4n) is 4.15. The van der Waals surface area contributed by atoms with Crippen LogP contribution in [0, 0.1) is 0 Å². The van der Waals surface area contributed by atoms with Gasteiger partial charge in [0.1, 0.15) is 0 Å². The number of sulfonamides is 1. The fourth-order valence-corrected chi connectivity index (χ4v) is 6.03. The van der Waals surface area contributed by atoms with Gasteiger partial charge in [0.05, 0.1) is 0 Å². The van der Waals surface area contributed by atoms with E-state index in [-0.39, 0.29) is 4.34 Å². The van der Waals surface area contributed by atoms with Gasteiger partial charge in [-0.25, -0.2) is 4.98 Å². The van der Waals surface area contributed by atoms with Gasteiger partial charge in [-0.3, -0.25) is 9.62 Å². The highest BCUT2D eigenvalue weighted by Gasteiger charge is 2.25. The van der Waals surface area contributed by atoms with E-state index in [1.807, 2.05) is 18.2 Å². The Labute approximate surface area is 179 Å². The Morgan fingerprint density at radius 3 is 2.97 bits per heavy atom. The van der Waals surface area contributed by atoms with Crippen LogP contribution in [-0.4, -0.2) is 36.4 Å². The summed E-state index contributed by atoms with van der Waals surface area (Å²) in [6.45, 7) is 2.90. The summed E-state index contributed by atoms with van der Waals surface area (Å²) in [5, 5.41) is 2.94. The number of aromatic amines is 1. The molecule has 1 atom stereocenters. The lowest BCUT2D eigenvalue weighted by Gasteiger charge is -2.16. The molecule has 5 rings (SSSR count). The molecule has 2 N–H and O–H groups in total. The van der Waals surface area contributed by atoms with Crippen LogP contribution in [0.25, 0.3) is 10.9 Å². The summed E-state index contributed by atoms with van der Waals surface area (Å²) < 4.78 is 27.7. The van der Waals surface area contributed by atoms with Gasteiger partial charge in [0.25, 0.3) is 10.0 Å². The maximum absolute atomic E-state index is 12.5. The van der Waals surface area contributed by atoms with E-state index < -0.39 is 10.0 Å². The Morgan fingerprint density at radius 2 is 2.10 bits per heavy atom. The lowest BCUT2D eigenvalue weighted by atomic mass is 9.98. The summed E-state index contributed by atoms with van der Waals surface area (Å²) >= 11 is 1.11. The summed E-state index contributed by atoms with van der Waals surface area (Å²) in [4.78, 5) is 9.72. The maximum Gasteiger partial charge on any atom is 0.289 e. The van der Waals surface area contributed by atoms with Crippen molar-refractivity contribution in [3.05, 3.63) is 77.4 Å². The second-order valence-corrected chi connectivity index (χ2v) is 10.4. The summed E-state index contributed by atoms with van der Waals surface area (Å²) in [6.07, 6.45) is 4.66.